The van der Waals surface area contributed by atoms with E-state index in [1.54, 1.807) is 43.3 Å². The third kappa shape index (κ3) is 3.27. The fourth-order valence-electron chi connectivity index (χ4n) is 2.09. The Morgan fingerprint density at radius 1 is 1.18 bits per heavy atom. The van der Waals surface area contributed by atoms with Crippen LogP contribution in [0.2, 0.25) is 0 Å². The van der Waals surface area contributed by atoms with E-state index in [2.05, 4.69) is 11.2 Å². The van der Waals surface area contributed by atoms with Crippen molar-refractivity contribution in [2.45, 2.75) is 12.5 Å². The van der Waals surface area contributed by atoms with Crippen molar-refractivity contribution in [3.05, 3.63) is 65.7 Å². The molecule has 2 aromatic rings. The van der Waals surface area contributed by atoms with Gasteiger partial charge in [0.1, 0.15) is 0 Å². The Balaban J connectivity index is 2.25. The number of hydrogen-bond donors (Lipinski definition) is 2. The molecule has 0 aliphatic heterocycles. The highest BCUT2D eigenvalue weighted by Gasteiger charge is 2.28. The van der Waals surface area contributed by atoms with Gasteiger partial charge in [0.05, 0.1) is 6.61 Å². The van der Waals surface area contributed by atoms with Crippen LogP contribution >= 0.6 is 0 Å². The smallest absolute Gasteiger partial charge is 0.411 e. The number of benzene rings is 2. The lowest BCUT2D eigenvalue weighted by Crippen LogP contribution is -2.25. The maximum absolute atomic E-state index is 11.4. The summed E-state index contributed by atoms with van der Waals surface area (Å²) >= 11 is 0. The van der Waals surface area contributed by atoms with Crippen LogP contribution < -0.4 is 5.32 Å². The molecule has 0 bridgehead atoms. The van der Waals surface area contributed by atoms with Crippen molar-refractivity contribution in [3.63, 3.8) is 0 Å². The second-order valence-corrected chi connectivity index (χ2v) is 4.64. The molecule has 4 nitrogen and oxygen atoms in total. The van der Waals surface area contributed by atoms with Crippen LogP contribution in [-0.2, 0) is 10.3 Å². The molecule has 0 saturated heterocycles. The summed E-state index contributed by atoms with van der Waals surface area (Å²) in [5.41, 5.74) is 0.220. The van der Waals surface area contributed by atoms with Crippen LogP contribution in [-0.4, -0.2) is 17.8 Å². The average Bonchev–Trinajstić information content (AvgIpc) is 2.56. The Morgan fingerprint density at radius 2 is 1.77 bits per heavy atom. The first kappa shape index (κ1) is 15.6. The van der Waals surface area contributed by atoms with Crippen LogP contribution in [0.25, 0.3) is 0 Å². The number of anilines is 1. The number of terminal acetylenes is 1. The molecule has 1 amide bonds. The molecule has 2 aromatic carbocycles. The average molecular weight is 295 g/mol. The van der Waals surface area contributed by atoms with Crippen LogP contribution in [0.5, 0.6) is 0 Å². The maximum Gasteiger partial charge on any atom is 0.411 e. The summed E-state index contributed by atoms with van der Waals surface area (Å²) < 4.78 is 4.80. The van der Waals surface area contributed by atoms with Gasteiger partial charge in [-0.15, -0.1) is 6.42 Å². The molecule has 2 N–H and O–H groups in total. The quantitative estimate of drug-likeness (QED) is 0.852. The number of aliphatic hydroxyl groups is 1. The van der Waals surface area contributed by atoms with E-state index in [4.69, 9.17) is 11.2 Å². The van der Waals surface area contributed by atoms with E-state index in [0.717, 1.165) is 0 Å². The second-order valence-electron chi connectivity index (χ2n) is 4.64. The van der Waals surface area contributed by atoms with Crippen LogP contribution in [0.1, 0.15) is 18.1 Å². The van der Waals surface area contributed by atoms with Crippen molar-refractivity contribution >= 4 is 11.8 Å². The Hall–Kier alpha value is -2.77. The monoisotopic (exact) mass is 295 g/mol. The fourth-order valence-corrected chi connectivity index (χ4v) is 2.09. The molecule has 112 valence electrons. The second kappa shape index (κ2) is 6.79. The van der Waals surface area contributed by atoms with E-state index < -0.39 is 11.7 Å². The largest absolute Gasteiger partial charge is 0.450 e. The lowest BCUT2D eigenvalue weighted by molar-refractivity contribution is 0.145. The number of ether oxygens (including phenoxy) is 1. The van der Waals surface area contributed by atoms with Gasteiger partial charge < -0.3 is 9.84 Å². The van der Waals surface area contributed by atoms with Crippen molar-refractivity contribution in [2.75, 3.05) is 11.9 Å². The summed E-state index contributed by atoms with van der Waals surface area (Å²) in [6, 6.07) is 15.7. The van der Waals surface area contributed by atoms with Gasteiger partial charge in [-0.3, -0.25) is 5.32 Å². The number of nitrogens with one attached hydrogen (secondary N) is 1. The number of hydrogen-bond acceptors (Lipinski definition) is 3. The van der Waals surface area contributed by atoms with E-state index >= 15 is 0 Å². The normalized spacial score (nSPS) is 12.8. The molecule has 0 fully saturated rings. The molecule has 1 atom stereocenters. The van der Waals surface area contributed by atoms with Gasteiger partial charge in [-0.1, -0.05) is 48.4 Å². The summed E-state index contributed by atoms with van der Waals surface area (Å²) in [6.07, 6.45) is 5.02. The molecular weight excluding hydrogens is 278 g/mol. The fraction of sp³-hybridized carbons (Fsp3) is 0.167. The highest BCUT2D eigenvalue weighted by atomic mass is 16.5. The van der Waals surface area contributed by atoms with Gasteiger partial charge in [0, 0.05) is 16.8 Å². The summed E-state index contributed by atoms with van der Waals surface area (Å²) in [4.78, 5) is 11.4. The van der Waals surface area contributed by atoms with Crippen molar-refractivity contribution in [1.29, 1.82) is 0 Å². The first-order valence-corrected chi connectivity index (χ1v) is 6.90. The lowest BCUT2D eigenvalue weighted by atomic mass is 9.87. The first-order valence-electron chi connectivity index (χ1n) is 6.90. The summed E-state index contributed by atoms with van der Waals surface area (Å²) in [5.74, 6) is 2.44. The minimum Gasteiger partial charge on any atom is -0.450 e. The van der Waals surface area contributed by atoms with E-state index in [9.17, 15) is 9.90 Å². The lowest BCUT2D eigenvalue weighted by Gasteiger charge is -2.23. The van der Waals surface area contributed by atoms with E-state index in [1.165, 1.54) is 0 Å². The van der Waals surface area contributed by atoms with Gasteiger partial charge >= 0.3 is 6.09 Å². The Morgan fingerprint density at radius 3 is 2.32 bits per heavy atom. The minimum atomic E-state index is -1.51. The zero-order valence-corrected chi connectivity index (χ0v) is 12.2. The molecule has 1 unspecified atom stereocenters. The molecular formula is C18H17NO3. The Bertz CT molecular complexity index is 674. The highest BCUT2D eigenvalue weighted by Crippen LogP contribution is 2.29. The standard InChI is InChI=1S/C18H17NO3/c1-3-18(21,14-8-6-5-7-9-14)15-10-12-16(13-11-15)19-17(20)22-4-2/h1,5-13,21H,4H2,2H3,(H,19,20). The molecule has 0 radical (unpaired) electrons. The van der Waals surface area contributed by atoms with Gasteiger partial charge in [0.2, 0.25) is 0 Å². The molecule has 22 heavy (non-hydrogen) atoms. The SMILES string of the molecule is C#CC(O)(c1ccccc1)c1ccc(NC(=O)OCC)cc1. The molecule has 2 rings (SSSR count). The molecule has 0 aromatic heterocycles. The first-order chi connectivity index (χ1) is 10.6. The van der Waals surface area contributed by atoms with Crippen molar-refractivity contribution in [1.82, 2.24) is 0 Å². The third-order valence-corrected chi connectivity index (χ3v) is 3.22. The van der Waals surface area contributed by atoms with E-state index in [1.807, 2.05) is 18.2 Å². The highest BCUT2D eigenvalue weighted by molar-refractivity contribution is 5.84. The van der Waals surface area contributed by atoms with Crippen molar-refractivity contribution in [3.8, 4) is 12.3 Å². The Labute approximate surface area is 129 Å². The van der Waals surface area contributed by atoms with Gasteiger partial charge in [0.25, 0.3) is 0 Å². The van der Waals surface area contributed by atoms with Gasteiger partial charge in [-0.2, -0.15) is 0 Å². The topological polar surface area (TPSA) is 58.6 Å². The Kier molecular flexibility index (Phi) is 4.82. The zero-order valence-electron chi connectivity index (χ0n) is 12.2. The van der Waals surface area contributed by atoms with Gasteiger partial charge in [-0.05, 0) is 19.1 Å². The molecule has 0 spiro atoms. The third-order valence-electron chi connectivity index (χ3n) is 3.22. The maximum atomic E-state index is 11.4. The van der Waals surface area contributed by atoms with Crippen molar-refractivity contribution in [2.24, 2.45) is 0 Å². The van der Waals surface area contributed by atoms with Gasteiger partial charge in [0.15, 0.2) is 5.60 Å². The van der Waals surface area contributed by atoms with E-state index in [-0.39, 0.29) is 0 Å². The number of rotatable bonds is 4. The molecule has 0 saturated carbocycles. The molecule has 0 aliphatic carbocycles. The number of amides is 1. The minimum absolute atomic E-state index is 0.300. The van der Waals surface area contributed by atoms with Crippen molar-refractivity contribution < 1.29 is 14.6 Å². The van der Waals surface area contributed by atoms with Crippen LogP contribution in [0.4, 0.5) is 10.5 Å². The zero-order chi connectivity index (χ0) is 16.0. The van der Waals surface area contributed by atoms with Crippen LogP contribution in [0.3, 0.4) is 0 Å². The van der Waals surface area contributed by atoms with E-state index in [0.29, 0.717) is 23.4 Å². The predicted molar refractivity (Wildman–Crippen MR) is 85.4 cm³/mol. The predicted octanol–water partition coefficient (Wildman–Crippen LogP) is 3.12. The van der Waals surface area contributed by atoms with Gasteiger partial charge in [-0.25, -0.2) is 4.79 Å². The molecule has 0 aliphatic rings. The number of carbonyl (C=O) groups excluding carboxylic acids is 1. The molecule has 4 heteroatoms. The summed E-state index contributed by atoms with van der Waals surface area (Å²) in [6.45, 7) is 2.03. The van der Waals surface area contributed by atoms with Crippen LogP contribution in [0.15, 0.2) is 54.6 Å². The summed E-state index contributed by atoms with van der Waals surface area (Å²) in [7, 11) is 0. The molecule has 0 heterocycles. The summed E-state index contributed by atoms with van der Waals surface area (Å²) in [5, 5.41) is 13.4. The number of carbonyl (C=O) groups is 1. The van der Waals surface area contributed by atoms with Crippen LogP contribution in [0, 0.1) is 12.3 Å².